The van der Waals surface area contributed by atoms with Crippen LogP contribution in [0.2, 0.25) is 5.02 Å². The van der Waals surface area contributed by atoms with E-state index in [9.17, 15) is 4.39 Å². The third-order valence-corrected chi connectivity index (χ3v) is 2.13. The van der Waals surface area contributed by atoms with E-state index in [4.69, 9.17) is 16.3 Å². The first kappa shape index (κ1) is 8.51. The Kier molecular flexibility index (Phi) is 2.19. The lowest BCUT2D eigenvalue weighted by Crippen LogP contribution is -1.97. The highest BCUT2D eigenvalue weighted by Gasteiger charge is 2.15. The van der Waals surface area contributed by atoms with E-state index >= 15 is 0 Å². The molecule has 0 amide bonds. The maximum Gasteiger partial charge on any atom is 0.273 e. The van der Waals surface area contributed by atoms with Crippen LogP contribution in [0.1, 0.15) is 11.6 Å². The molecule has 67 valence electrons. The van der Waals surface area contributed by atoms with Gasteiger partial charge in [0.15, 0.2) is 0 Å². The van der Waals surface area contributed by atoms with Gasteiger partial charge in [-0.15, -0.1) is 0 Å². The summed E-state index contributed by atoms with van der Waals surface area (Å²) >= 11 is 5.61. The number of aliphatic imine (C=N–C) groups is 1. The van der Waals surface area contributed by atoms with E-state index in [1.165, 1.54) is 6.07 Å². The van der Waals surface area contributed by atoms with Crippen LogP contribution in [0.5, 0.6) is 0 Å². The summed E-state index contributed by atoms with van der Waals surface area (Å²) in [7, 11) is 0. The Hall–Kier alpha value is -1.09. The minimum absolute atomic E-state index is 0.0990. The Morgan fingerprint density at radius 3 is 3.08 bits per heavy atom. The zero-order valence-electron chi connectivity index (χ0n) is 6.63. The van der Waals surface area contributed by atoms with Crippen LogP contribution in [0.4, 0.5) is 4.39 Å². The van der Waals surface area contributed by atoms with Crippen molar-refractivity contribution in [3.05, 3.63) is 34.6 Å². The minimum atomic E-state index is -0.419. The van der Waals surface area contributed by atoms with Crippen LogP contribution < -0.4 is 0 Å². The normalized spacial score (nSPS) is 20.3. The van der Waals surface area contributed by atoms with Crippen molar-refractivity contribution in [1.82, 2.24) is 0 Å². The van der Waals surface area contributed by atoms with E-state index < -0.39 is 5.82 Å². The van der Waals surface area contributed by atoms with Crippen LogP contribution in [-0.2, 0) is 4.74 Å². The summed E-state index contributed by atoms with van der Waals surface area (Å²) < 4.78 is 17.6. The zero-order chi connectivity index (χ0) is 9.26. The van der Waals surface area contributed by atoms with Gasteiger partial charge in [0.05, 0.1) is 5.02 Å². The Bertz CT molecular complexity index is 353. The molecule has 4 heteroatoms. The van der Waals surface area contributed by atoms with E-state index in [2.05, 4.69) is 11.4 Å². The molecule has 1 atom stereocenters. The smallest absolute Gasteiger partial charge is 0.273 e. The van der Waals surface area contributed by atoms with Crippen LogP contribution in [0.15, 0.2) is 23.2 Å². The fraction of sp³-hybridized carbons (Fsp3) is 0.222. The SMILES string of the molecule is Fc1ccc(C2CO[C]=N2)cc1Cl. The molecule has 2 nitrogen and oxygen atoms in total. The van der Waals surface area contributed by atoms with Crippen LogP contribution in [0, 0.1) is 5.82 Å². The molecule has 1 aliphatic heterocycles. The second kappa shape index (κ2) is 3.34. The largest absolute Gasteiger partial charge is 0.471 e. The molecular formula is C9H6ClFNO. The van der Waals surface area contributed by atoms with Gasteiger partial charge in [-0.2, -0.15) is 0 Å². The van der Waals surface area contributed by atoms with E-state index in [0.29, 0.717) is 6.61 Å². The predicted octanol–water partition coefficient (Wildman–Crippen LogP) is 2.46. The average molecular weight is 199 g/mol. The molecule has 0 N–H and O–H groups in total. The second-order valence-electron chi connectivity index (χ2n) is 2.72. The zero-order valence-corrected chi connectivity index (χ0v) is 7.38. The van der Waals surface area contributed by atoms with Gasteiger partial charge in [-0.05, 0) is 17.7 Å². The van der Waals surface area contributed by atoms with E-state index in [1.54, 1.807) is 12.1 Å². The molecule has 2 rings (SSSR count). The Morgan fingerprint density at radius 1 is 1.62 bits per heavy atom. The molecule has 0 fully saturated rings. The van der Waals surface area contributed by atoms with Gasteiger partial charge < -0.3 is 4.74 Å². The molecule has 1 unspecified atom stereocenters. The van der Waals surface area contributed by atoms with Gasteiger partial charge in [-0.25, -0.2) is 9.38 Å². The summed E-state index contributed by atoms with van der Waals surface area (Å²) in [5.74, 6) is -0.419. The second-order valence-corrected chi connectivity index (χ2v) is 3.13. The molecule has 1 radical (unpaired) electrons. The van der Waals surface area contributed by atoms with Crippen LogP contribution in [-0.4, -0.2) is 13.0 Å². The minimum Gasteiger partial charge on any atom is -0.471 e. The van der Waals surface area contributed by atoms with Gasteiger partial charge in [0.2, 0.25) is 0 Å². The van der Waals surface area contributed by atoms with Crippen molar-refractivity contribution in [3.63, 3.8) is 0 Å². The van der Waals surface area contributed by atoms with Crippen LogP contribution in [0.3, 0.4) is 0 Å². The number of hydrogen-bond donors (Lipinski definition) is 0. The Labute approximate surface area is 80.0 Å². The first-order chi connectivity index (χ1) is 6.27. The standard InChI is InChI=1S/C9H6ClFNO/c10-7-3-6(1-2-8(7)11)9-4-13-5-12-9/h1-3,9H,4H2. The summed E-state index contributed by atoms with van der Waals surface area (Å²) in [6.45, 7) is 0.446. The topological polar surface area (TPSA) is 21.6 Å². The summed E-state index contributed by atoms with van der Waals surface area (Å²) in [5, 5.41) is 0.111. The Balaban J connectivity index is 2.30. The van der Waals surface area contributed by atoms with Crippen molar-refractivity contribution >= 4 is 18.0 Å². The average Bonchev–Trinajstić information content (AvgIpc) is 2.62. The third kappa shape index (κ3) is 1.65. The number of hydrogen-bond acceptors (Lipinski definition) is 2. The summed E-state index contributed by atoms with van der Waals surface area (Å²) in [5.41, 5.74) is 0.844. The third-order valence-electron chi connectivity index (χ3n) is 1.84. The fourth-order valence-electron chi connectivity index (χ4n) is 1.14. The summed E-state index contributed by atoms with van der Waals surface area (Å²) in [4.78, 5) is 3.92. The molecule has 0 saturated heterocycles. The van der Waals surface area contributed by atoms with Gasteiger partial charge >= 0.3 is 0 Å². The highest BCUT2D eigenvalue weighted by molar-refractivity contribution is 6.30. The van der Waals surface area contributed by atoms with E-state index in [-0.39, 0.29) is 11.1 Å². The number of benzene rings is 1. The quantitative estimate of drug-likeness (QED) is 0.679. The first-order valence-electron chi connectivity index (χ1n) is 3.79. The predicted molar refractivity (Wildman–Crippen MR) is 47.5 cm³/mol. The van der Waals surface area contributed by atoms with Crippen molar-refractivity contribution < 1.29 is 9.13 Å². The molecule has 0 saturated carbocycles. The van der Waals surface area contributed by atoms with Crippen molar-refractivity contribution in [2.24, 2.45) is 4.99 Å². The van der Waals surface area contributed by atoms with Crippen molar-refractivity contribution in [1.29, 1.82) is 0 Å². The van der Waals surface area contributed by atoms with Gasteiger partial charge in [0.25, 0.3) is 6.40 Å². The Morgan fingerprint density at radius 2 is 2.46 bits per heavy atom. The molecule has 1 heterocycles. The van der Waals surface area contributed by atoms with E-state index in [0.717, 1.165) is 5.56 Å². The summed E-state index contributed by atoms with van der Waals surface area (Å²) in [6, 6.07) is 4.43. The first-order valence-corrected chi connectivity index (χ1v) is 4.17. The number of rotatable bonds is 1. The molecule has 0 spiro atoms. The van der Waals surface area contributed by atoms with Gasteiger partial charge in [-0.3, -0.25) is 0 Å². The molecular weight excluding hydrogens is 193 g/mol. The van der Waals surface area contributed by atoms with E-state index in [1.807, 2.05) is 0 Å². The highest BCUT2D eigenvalue weighted by atomic mass is 35.5. The number of halogens is 2. The lowest BCUT2D eigenvalue weighted by Gasteiger charge is -2.05. The molecule has 1 aromatic rings. The maximum atomic E-state index is 12.8. The van der Waals surface area contributed by atoms with Gasteiger partial charge in [0.1, 0.15) is 18.5 Å². The van der Waals surface area contributed by atoms with Crippen molar-refractivity contribution in [3.8, 4) is 0 Å². The molecule has 1 aliphatic rings. The van der Waals surface area contributed by atoms with Crippen LogP contribution in [0.25, 0.3) is 0 Å². The van der Waals surface area contributed by atoms with Gasteiger partial charge in [-0.1, -0.05) is 17.7 Å². The van der Waals surface area contributed by atoms with Gasteiger partial charge in [0, 0.05) is 0 Å². The highest BCUT2D eigenvalue weighted by Crippen LogP contribution is 2.24. The van der Waals surface area contributed by atoms with Crippen molar-refractivity contribution in [2.45, 2.75) is 6.04 Å². The molecule has 1 aromatic carbocycles. The fourth-order valence-corrected chi connectivity index (χ4v) is 1.33. The number of nitrogens with zero attached hydrogens (tertiary/aromatic N) is 1. The van der Waals surface area contributed by atoms with Crippen molar-refractivity contribution in [2.75, 3.05) is 6.61 Å². The molecule has 0 bridgehead atoms. The molecule has 0 aromatic heterocycles. The lowest BCUT2D eigenvalue weighted by atomic mass is 10.1. The van der Waals surface area contributed by atoms with Crippen LogP contribution >= 0.6 is 11.6 Å². The summed E-state index contributed by atoms with van der Waals surface area (Å²) in [6.07, 6.45) is 2.39. The monoisotopic (exact) mass is 198 g/mol. The lowest BCUT2D eigenvalue weighted by molar-refractivity contribution is 0.330. The number of ether oxygens (including phenoxy) is 1. The molecule has 13 heavy (non-hydrogen) atoms. The molecule has 0 aliphatic carbocycles. The maximum absolute atomic E-state index is 12.8.